The van der Waals surface area contributed by atoms with Crippen LogP contribution in [0.25, 0.3) is 10.9 Å². The van der Waals surface area contributed by atoms with Gasteiger partial charge in [-0.1, -0.05) is 18.2 Å². The number of alkyl halides is 3. The minimum absolute atomic E-state index is 0.0785. The standard InChI is InChI=1S/C20H19F3N4O2/c1-11(16-8-26-17(9-25-16)29-10-20(21,22)23)27-19(28)15-7-14(15)13-4-2-3-12-5-6-24-18(12)13/h2-6,8-9,11,14-15,24H,7,10H2,1H3,(H,27,28)/t11?,14-,15+/m1/s1. The number of benzene rings is 1. The number of H-pyrrole nitrogens is 1. The first-order valence-corrected chi connectivity index (χ1v) is 9.19. The van der Waals surface area contributed by atoms with E-state index in [4.69, 9.17) is 0 Å². The molecular weight excluding hydrogens is 385 g/mol. The van der Waals surface area contributed by atoms with Gasteiger partial charge in [-0.05, 0) is 36.3 Å². The third-order valence-electron chi connectivity index (χ3n) is 4.98. The maximum absolute atomic E-state index is 12.6. The summed E-state index contributed by atoms with van der Waals surface area (Å²) in [5, 5.41) is 4.02. The van der Waals surface area contributed by atoms with Gasteiger partial charge >= 0.3 is 6.18 Å². The van der Waals surface area contributed by atoms with Crippen molar-refractivity contribution in [3.63, 3.8) is 0 Å². The fraction of sp³-hybridized carbons (Fsp3) is 0.350. The number of hydrogen-bond acceptors (Lipinski definition) is 4. The topological polar surface area (TPSA) is 79.9 Å². The van der Waals surface area contributed by atoms with Crippen LogP contribution >= 0.6 is 0 Å². The maximum atomic E-state index is 12.6. The lowest BCUT2D eigenvalue weighted by Crippen LogP contribution is -2.29. The molecule has 152 valence electrons. The third kappa shape index (κ3) is 4.33. The predicted molar refractivity (Wildman–Crippen MR) is 99.3 cm³/mol. The second kappa shape index (κ2) is 7.38. The number of rotatable bonds is 6. The highest BCUT2D eigenvalue weighted by atomic mass is 19.4. The molecule has 0 bridgehead atoms. The molecule has 0 saturated heterocycles. The maximum Gasteiger partial charge on any atom is 0.422 e. The van der Waals surface area contributed by atoms with E-state index in [1.165, 1.54) is 6.20 Å². The van der Waals surface area contributed by atoms with E-state index < -0.39 is 18.8 Å². The Balaban J connectivity index is 1.35. The van der Waals surface area contributed by atoms with E-state index in [9.17, 15) is 18.0 Å². The number of carbonyl (C=O) groups excluding carboxylic acids is 1. The van der Waals surface area contributed by atoms with Crippen LogP contribution < -0.4 is 10.1 Å². The van der Waals surface area contributed by atoms with E-state index in [1.807, 2.05) is 30.5 Å². The molecule has 1 fully saturated rings. The number of nitrogens with one attached hydrogen (secondary N) is 2. The summed E-state index contributed by atoms with van der Waals surface area (Å²) < 4.78 is 41.1. The molecule has 4 rings (SSSR count). The number of carbonyl (C=O) groups is 1. The highest BCUT2D eigenvalue weighted by Gasteiger charge is 2.45. The molecule has 1 unspecified atom stereocenters. The zero-order chi connectivity index (χ0) is 20.6. The second-order valence-corrected chi connectivity index (χ2v) is 7.15. The number of nitrogens with zero attached hydrogens (tertiary/aromatic N) is 2. The average Bonchev–Trinajstić information content (AvgIpc) is 3.34. The normalized spacial score (nSPS) is 19.7. The van der Waals surface area contributed by atoms with Crippen molar-refractivity contribution in [1.82, 2.24) is 20.3 Å². The van der Waals surface area contributed by atoms with E-state index in [0.717, 1.165) is 29.1 Å². The van der Waals surface area contributed by atoms with Gasteiger partial charge in [-0.3, -0.25) is 9.78 Å². The number of halogens is 3. The molecule has 1 amide bonds. The van der Waals surface area contributed by atoms with Crippen LogP contribution in [0.4, 0.5) is 13.2 Å². The molecular formula is C20H19F3N4O2. The van der Waals surface area contributed by atoms with Crippen LogP contribution in [-0.2, 0) is 4.79 Å². The summed E-state index contributed by atoms with van der Waals surface area (Å²) in [6, 6.07) is 7.62. The van der Waals surface area contributed by atoms with E-state index in [2.05, 4.69) is 25.0 Å². The van der Waals surface area contributed by atoms with Gasteiger partial charge in [0, 0.05) is 17.6 Å². The number of aromatic amines is 1. The fourth-order valence-corrected chi connectivity index (χ4v) is 3.42. The molecule has 0 aliphatic heterocycles. The molecule has 1 aliphatic rings. The van der Waals surface area contributed by atoms with Crippen molar-refractivity contribution in [1.29, 1.82) is 0 Å². The third-order valence-corrected chi connectivity index (χ3v) is 4.98. The van der Waals surface area contributed by atoms with Crippen LogP contribution in [0.2, 0.25) is 0 Å². The summed E-state index contributed by atoms with van der Waals surface area (Å²) in [4.78, 5) is 23.7. The van der Waals surface area contributed by atoms with Gasteiger partial charge in [0.15, 0.2) is 6.61 Å². The molecule has 29 heavy (non-hydrogen) atoms. The Labute approximate surface area is 164 Å². The first-order valence-electron chi connectivity index (χ1n) is 9.19. The van der Waals surface area contributed by atoms with Gasteiger partial charge in [-0.15, -0.1) is 0 Å². The minimum Gasteiger partial charge on any atom is -0.467 e. The highest BCUT2D eigenvalue weighted by molar-refractivity contribution is 5.87. The molecule has 6 nitrogen and oxygen atoms in total. The summed E-state index contributed by atoms with van der Waals surface area (Å²) in [6.45, 7) is 0.325. The van der Waals surface area contributed by atoms with Crippen LogP contribution in [0.5, 0.6) is 5.88 Å². The zero-order valence-electron chi connectivity index (χ0n) is 15.5. The van der Waals surface area contributed by atoms with Crippen molar-refractivity contribution in [2.45, 2.75) is 31.5 Å². The number of aromatic nitrogens is 3. The Morgan fingerprint density at radius 3 is 2.86 bits per heavy atom. The summed E-state index contributed by atoms with van der Waals surface area (Å²) in [5.74, 6) is -0.251. The van der Waals surface area contributed by atoms with Gasteiger partial charge in [-0.2, -0.15) is 13.2 Å². The molecule has 1 saturated carbocycles. The molecule has 1 aliphatic carbocycles. The average molecular weight is 404 g/mol. The van der Waals surface area contributed by atoms with Gasteiger partial charge in [0.1, 0.15) is 0 Å². The number of ether oxygens (including phenoxy) is 1. The molecule has 3 atom stereocenters. The van der Waals surface area contributed by atoms with E-state index in [-0.39, 0.29) is 23.6 Å². The van der Waals surface area contributed by atoms with Crippen molar-refractivity contribution < 1.29 is 22.7 Å². The van der Waals surface area contributed by atoms with Crippen LogP contribution in [-0.4, -0.2) is 33.6 Å². The first-order chi connectivity index (χ1) is 13.8. The van der Waals surface area contributed by atoms with Crippen molar-refractivity contribution in [2.75, 3.05) is 6.61 Å². The smallest absolute Gasteiger partial charge is 0.422 e. The van der Waals surface area contributed by atoms with Crippen molar-refractivity contribution in [2.24, 2.45) is 5.92 Å². The summed E-state index contributed by atoms with van der Waals surface area (Å²) in [6.07, 6.45) is 0.643. The van der Waals surface area contributed by atoms with Gasteiger partial charge < -0.3 is 15.0 Å². The van der Waals surface area contributed by atoms with Gasteiger partial charge in [0.2, 0.25) is 11.8 Å². The number of hydrogen-bond donors (Lipinski definition) is 2. The number of amides is 1. The molecule has 0 spiro atoms. The van der Waals surface area contributed by atoms with E-state index in [0.29, 0.717) is 5.69 Å². The molecule has 2 heterocycles. The quantitative estimate of drug-likeness (QED) is 0.654. The SMILES string of the molecule is CC(NC(=O)[C@H]1C[C@@H]1c1cccc2cc[nH]c12)c1cnc(OCC(F)(F)F)cn1. The van der Waals surface area contributed by atoms with Crippen LogP contribution in [0, 0.1) is 5.92 Å². The summed E-state index contributed by atoms with van der Waals surface area (Å²) in [7, 11) is 0. The number of fused-ring (bicyclic) bond motifs is 1. The number of para-hydroxylation sites is 1. The lowest BCUT2D eigenvalue weighted by atomic mass is 10.1. The van der Waals surface area contributed by atoms with Crippen molar-refractivity contribution >= 4 is 16.8 Å². The monoisotopic (exact) mass is 404 g/mol. The van der Waals surface area contributed by atoms with Crippen molar-refractivity contribution in [3.05, 3.63) is 54.1 Å². The Morgan fingerprint density at radius 2 is 2.14 bits per heavy atom. The lowest BCUT2D eigenvalue weighted by molar-refractivity contribution is -0.154. The molecule has 2 N–H and O–H groups in total. The first kappa shape index (κ1) is 19.2. The Kier molecular flexibility index (Phi) is 4.89. The van der Waals surface area contributed by atoms with Crippen LogP contribution in [0.15, 0.2) is 42.9 Å². The molecule has 3 aromatic rings. The summed E-state index contributed by atoms with van der Waals surface area (Å²) in [5.41, 5.74) is 2.63. The van der Waals surface area contributed by atoms with Gasteiger partial charge in [0.25, 0.3) is 0 Å². The fourth-order valence-electron chi connectivity index (χ4n) is 3.42. The van der Waals surface area contributed by atoms with Crippen LogP contribution in [0.1, 0.15) is 36.6 Å². The van der Waals surface area contributed by atoms with Crippen molar-refractivity contribution in [3.8, 4) is 5.88 Å². The van der Waals surface area contributed by atoms with Crippen LogP contribution in [0.3, 0.4) is 0 Å². The Hall–Kier alpha value is -3.10. The predicted octanol–water partition coefficient (Wildman–Crippen LogP) is 3.88. The van der Waals surface area contributed by atoms with Gasteiger partial charge in [-0.25, -0.2) is 4.98 Å². The largest absolute Gasteiger partial charge is 0.467 e. The summed E-state index contributed by atoms with van der Waals surface area (Å²) >= 11 is 0. The minimum atomic E-state index is -4.44. The molecule has 1 aromatic carbocycles. The zero-order valence-corrected chi connectivity index (χ0v) is 15.5. The van der Waals surface area contributed by atoms with E-state index >= 15 is 0 Å². The highest BCUT2D eigenvalue weighted by Crippen LogP contribution is 2.49. The molecule has 0 radical (unpaired) electrons. The molecule has 2 aromatic heterocycles. The van der Waals surface area contributed by atoms with E-state index in [1.54, 1.807) is 6.92 Å². The Bertz CT molecular complexity index is 1020. The Morgan fingerprint density at radius 1 is 1.31 bits per heavy atom. The second-order valence-electron chi connectivity index (χ2n) is 7.15. The van der Waals surface area contributed by atoms with Gasteiger partial charge in [0.05, 0.1) is 24.1 Å². The lowest BCUT2D eigenvalue weighted by Gasteiger charge is -2.14. The molecule has 9 heteroatoms.